The molecule has 0 saturated carbocycles. The summed E-state index contributed by atoms with van der Waals surface area (Å²) in [6.45, 7) is 5.37. The summed E-state index contributed by atoms with van der Waals surface area (Å²) in [5.74, 6) is -1.12. The van der Waals surface area contributed by atoms with Crippen LogP contribution in [0.1, 0.15) is 23.9 Å². The van der Waals surface area contributed by atoms with Crippen LogP contribution in [0.25, 0.3) is 11.8 Å². The normalized spacial score (nSPS) is 16.9. The summed E-state index contributed by atoms with van der Waals surface area (Å²) in [4.78, 5) is 41.9. The van der Waals surface area contributed by atoms with Gasteiger partial charge in [0, 0.05) is 17.6 Å². The van der Waals surface area contributed by atoms with Crippen LogP contribution in [0.5, 0.6) is 0 Å². The number of hydrogen-bond donors (Lipinski definition) is 0. The highest BCUT2D eigenvalue weighted by molar-refractivity contribution is 8.18. The predicted molar refractivity (Wildman–Crippen MR) is 102 cm³/mol. The zero-order valence-corrected chi connectivity index (χ0v) is 16.2. The number of thioether (sulfide) groups is 1. The second kappa shape index (κ2) is 7.40. The lowest BCUT2D eigenvalue weighted by Crippen LogP contribution is -2.42. The van der Waals surface area contributed by atoms with E-state index >= 15 is 0 Å². The fourth-order valence-corrected chi connectivity index (χ4v) is 3.95. The maximum atomic E-state index is 12.6. The van der Waals surface area contributed by atoms with Crippen LogP contribution in [-0.4, -0.2) is 44.7 Å². The number of aromatic nitrogens is 2. The summed E-state index contributed by atoms with van der Waals surface area (Å²) in [7, 11) is 1.22. The van der Waals surface area contributed by atoms with Gasteiger partial charge < -0.3 is 9.30 Å². The summed E-state index contributed by atoms with van der Waals surface area (Å²) in [6.07, 6.45) is 5.15. The molecule has 7 nitrogen and oxygen atoms in total. The number of amides is 2. The number of rotatable bonds is 4. The molecular formula is C19H19N3O4S. The SMILES string of the molecule is COC(=O)C(C)N1C(=O)S/C(=C\c2cc(C)n(-c3cccnc3)c2C)C1=O. The zero-order valence-electron chi connectivity index (χ0n) is 15.4. The van der Waals surface area contributed by atoms with Gasteiger partial charge in [-0.15, -0.1) is 0 Å². The maximum absolute atomic E-state index is 12.6. The van der Waals surface area contributed by atoms with Crippen molar-refractivity contribution in [1.82, 2.24) is 14.5 Å². The van der Waals surface area contributed by atoms with Crippen LogP contribution in [0, 0.1) is 13.8 Å². The van der Waals surface area contributed by atoms with Gasteiger partial charge in [0.1, 0.15) is 6.04 Å². The number of esters is 1. The van der Waals surface area contributed by atoms with Crippen molar-refractivity contribution in [2.45, 2.75) is 26.8 Å². The molecular weight excluding hydrogens is 366 g/mol. The van der Waals surface area contributed by atoms with Crippen LogP contribution in [0.2, 0.25) is 0 Å². The van der Waals surface area contributed by atoms with E-state index in [9.17, 15) is 14.4 Å². The van der Waals surface area contributed by atoms with E-state index in [0.717, 1.165) is 39.3 Å². The smallest absolute Gasteiger partial charge is 0.328 e. The minimum atomic E-state index is -0.962. The molecule has 3 rings (SSSR count). The van der Waals surface area contributed by atoms with E-state index in [1.54, 1.807) is 18.5 Å². The van der Waals surface area contributed by atoms with Crippen LogP contribution in [0.15, 0.2) is 35.5 Å². The fraction of sp³-hybridized carbons (Fsp3) is 0.263. The molecule has 1 fully saturated rings. The van der Waals surface area contributed by atoms with Crippen LogP contribution < -0.4 is 0 Å². The molecule has 27 heavy (non-hydrogen) atoms. The summed E-state index contributed by atoms with van der Waals surface area (Å²) in [5, 5.41) is -0.481. The highest BCUT2D eigenvalue weighted by Crippen LogP contribution is 2.35. The van der Waals surface area contributed by atoms with Gasteiger partial charge in [0.05, 0.1) is 23.9 Å². The summed E-state index contributed by atoms with van der Waals surface area (Å²) < 4.78 is 6.67. The second-order valence-corrected chi connectivity index (χ2v) is 7.12. The van der Waals surface area contributed by atoms with Gasteiger partial charge in [0.25, 0.3) is 11.1 Å². The Hall–Kier alpha value is -2.87. The highest BCUT2D eigenvalue weighted by atomic mass is 32.2. The Morgan fingerprint density at radius 1 is 1.33 bits per heavy atom. The Balaban J connectivity index is 1.96. The third-order valence-electron chi connectivity index (χ3n) is 4.41. The molecule has 8 heteroatoms. The Kier molecular flexibility index (Phi) is 5.18. The first-order valence-corrected chi connectivity index (χ1v) is 9.11. The van der Waals surface area contributed by atoms with E-state index in [0.29, 0.717) is 0 Å². The maximum Gasteiger partial charge on any atom is 0.328 e. The van der Waals surface area contributed by atoms with Crippen molar-refractivity contribution < 1.29 is 19.1 Å². The molecule has 1 aliphatic rings. The van der Waals surface area contributed by atoms with Crippen molar-refractivity contribution in [3.8, 4) is 5.69 Å². The highest BCUT2D eigenvalue weighted by Gasteiger charge is 2.41. The fourth-order valence-electron chi connectivity index (χ4n) is 3.05. The Bertz CT molecular complexity index is 949. The standard InChI is InChI=1S/C19H19N3O4S/c1-11-8-14(12(2)21(11)15-6-5-7-20-10-15)9-16-17(23)22(19(25)27-16)13(3)18(24)26-4/h5-10,13H,1-4H3/b16-9-. The molecule has 2 aromatic rings. The van der Waals surface area contributed by atoms with Gasteiger partial charge in [0.2, 0.25) is 0 Å². The van der Waals surface area contributed by atoms with Crippen molar-refractivity contribution in [2.24, 2.45) is 0 Å². The number of pyridine rings is 1. The van der Waals surface area contributed by atoms with Gasteiger partial charge >= 0.3 is 5.97 Å². The van der Waals surface area contributed by atoms with E-state index in [-0.39, 0.29) is 4.91 Å². The third-order valence-corrected chi connectivity index (χ3v) is 5.30. The Morgan fingerprint density at radius 2 is 2.07 bits per heavy atom. The van der Waals surface area contributed by atoms with Crippen molar-refractivity contribution >= 4 is 35.0 Å². The van der Waals surface area contributed by atoms with Crippen LogP contribution in [-0.2, 0) is 14.3 Å². The molecule has 2 amide bonds. The van der Waals surface area contributed by atoms with Gasteiger partial charge in [-0.1, -0.05) is 0 Å². The number of hydrogen-bond acceptors (Lipinski definition) is 6. The molecule has 1 atom stereocenters. The number of methoxy groups -OCH3 is 1. The largest absolute Gasteiger partial charge is 0.467 e. The molecule has 0 spiro atoms. The van der Waals surface area contributed by atoms with Gasteiger partial charge in [-0.05, 0) is 62.4 Å². The van der Waals surface area contributed by atoms with Crippen LogP contribution in [0.4, 0.5) is 4.79 Å². The number of nitrogens with zero attached hydrogens (tertiary/aromatic N) is 3. The van der Waals surface area contributed by atoms with Gasteiger partial charge in [-0.3, -0.25) is 19.5 Å². The first-order chi connectivity index (χ1) is 12.8. The van der Waals surface area contributed by atoms with Crippen molar-refractivity contribution in [1.29, 1.82) is 0 Å². The molecule has 0 aromatic carbocycles. The van der Waals surface area contributed by atoms with E-state index < -0.39 is 23.2 Å². The minimum Gasteiger partial charge on any atom is -0.467 e. The van der Waals surface area contributed by atoms with Crippen LogP contribution >= 0.6 is 11.8 Å². The minimum absolute atomic E-state index is 0.280. The molecule has 140 valence electrons. The molecule has 1 aliphatic heterocycles. The first-order valence-electron chi connectivity index (χ1n) is 8.29. The Labute approximate surface area is 161 Å². The molecule has 0 aliphatic carbocycles. The third kappa shape index (κ3) is 3.40. The number of aryl methyl sites for hydroxylation is 1. The quantitative estimate of drug-likeness (QED) is 0.594. The van der Waals surface area contributed by atoms with Crippen molar-refractivity contribution in [3.05, 3.63) is 52.4 Å². The monoisotopic (exact) mass is 385 g/mol. The number of imide groups is 1. The molecule has 0 bridgehead atoms. The van der Waals surface area contributed by atoms with E-state index in [1.165, 1.54) is 14.0 Å². The predicted octanol–water partition coefficient (Wildman–Crippen LogP) is 3.09. The van der Waals surface area contributed by atoms with Crippen molar-refractivity contribution in [3.63, 3.8) is 0 Å². The van der Waals surface area contributed by atoms with Gasteiger partial charge in [-0.2, -0.15) is 0 Å². The average molecular weight is 385 g/mol. The molecule has 1 unspecified atom stereocenters. The number of ether oxygens (including phenoxy) is 1. The summed E-state index contributed by atoms with van der Waals surface area (Å²) in [6, 6.07) is 4.78. The zero-order chi connectivity index (χ0) is 19.7. The molecule has 0 radical (unpaired) electrons. The Morgan fingerprint density at radius 3 is 2.70 bits per heavy atom. The lowest BCUT2D eigenvalue weighted by Gasteiger charge is -2.18. The topological polar surface area (TPSA) is 81.5 Å². The van der Waals surface area contributed by atoms with E-state index in [2.05, 4.69) is 9.72 Å². The average Bonchev–Trinajstić information content (AvgIpc) is 3.09. The van der Waals surface area contributed by atoms with E-state index in [1.807, 2.05) is 36.6 Å². The summed E-state index contributed by atoms with van der Waals surface area (Å²) >= 11 is 0.822. The first kappa shape index (κ1) is 18.9. The van der Waals surface area contributed by atoms with Crippen LogP contribution in [0.3, 0.4) is 0 Å². The lowest BCUT2D eigenvalue weighted by atomic mass is 10.2. The molecule has 0 N–H and O–H groups in total. The summed E-state index contributed by atoms with van der Waals surface area (Å²) in [5.41, 5.74) is 3.65. The molecule has 2 aromatic heterocycles. The molecule has 3 heterocycles. The second-order valence-electron chi connectivity index (χ2n) is 6.12. The number of carbonyl (C=O) groups is 3. The van der Waals surface area contributed by atoms with Gasteiger partial charge in [0.15, 0.2) is 0 Å². The van der Waals surface area contributed by atoms with Crippen molar-refractivity contribution in [2.75, 3.05) is 7.11 Å². The lowest BCUT2D eigenvalue weighted by molar-refractivity contribution is -0.148. The molecule has 1 saturated heterocycles. The van der Waals surface area contributed by atoms with Gasteiger partial charge in [-0.25, -0.2) is 4.79 Å². The van der Waals surface area contributed by atoms with E-state index in [4.69, 9.17) is 0 Å². The number of carbonyl (C=O) groups excluding carboxylic acids is 3.